The molecular weight excluding hydrogens is 335 g/mol. The molecule has 98 valence electrons. The van der Waals surface area contributed by atoms with Crippen LogP contribution in [0.1, 0.15) is 16.2 Å². The van der Waals surface area contributed by atoms with Crippen molar-refractivity contribution >= 4 is 33.5 Å². The van der Waals surface area contributed by atoms with Crippen molar-refractivity contribution in [2.24, 2.45) is 0 Å². The van der Waals surface area contributed by atoms with Gasteiger partial charge in [-0.25, -0.2) is 9.78 Å². The SMILES string of the molecule is Cc1cc(C(=O)O)nc(Oc2ccc(Cl)cc2Br)n1. The van der Waals surface area contributed by atoms with E-state index >= 15 is 0 Å². The number of benzene rings is 1. The maximum atomic E-state index is 10.9. The van der Waals surface area contributed by atoms with Gasteiger partial charge >= 0.3 is 12.0 Å². The highest BCUT2D eigenvalue weighted by atomic mass is 79.9. The van der Waals surface area contributed by atoms with Crippen LogP contribution in [0.25, 0.3) is 0 Å². The molecule has 1 aromatic carbocycles. The Hall–Kier alpha value is -1.66. The lowest BCUT2D eigenvalue weighted by molar-refractivity contribution is 0.0689. The largest absolute Gasteiger partial charge is 0.477 e. The second-order valence-corrected chi connectivity index (χ2v) is 4.95. The summed E-state index contributed by atoms with van der Waals surface area (Å²) in [6.07, 6.45) is 0. The van der Waals surface area contributed by atoms with E-state index < -0.39 is 5.97 Å². The van der Waals surface area contributed by atoms with E-state index in [4.69, 9.17) is 21.4 Å². The summed E-state index contributed by atoms with van der Waals surface area (Å²) < 4.78 is 6.07. The number of hydrogen-bond acceptors (Lipinski definition) is 4. The van der Waals surface area contributed by atoms with Gasteiger partial charge in [0.1, 0.15) is 5.75 Å². The Morgan fingerprint density at radius 1 is 1.37 bits per heavy atom. The molecule has 0 fully saturated rings. The summed E-state index contributed by atoms with van der Waals surface area (Å²) in [5.41, 5.74) is 0.389. The van der Waals surface area contributed by atoms with Gasteiger partial charge < -0.3 is 9.84 Å². The van der Waals surface area contributed by atoms with Gasteiger partial charge in [0, 0.05) is 10.7 Å². The van der Waals surface area contributed by atoms with E-state index in [0.717, 1.165) is 0 Å². The van der Waals surface area contributed by atoms with E-state index in [1.54, 1.807) is 25.1 Å². The van der Waals surface area contributed by atoms with Gasteiger partial charge in [-0.15, -0.1) is 0 Å². The lowest BCUT2D eigenvalue weighted by Crippen LogP contribution is -2.04. The number of aromatic nitrogens is 2. The quantitative estimate of drug-likeness (QED) is 0.920. The van der Waals surface area contributed by atoms with Gasteiger partial charge in [-0.3, -0.25) is 0 Å². The highest BCUT2D eigenvalue weighted by molar-refractivity contribution is 9.10. The van der Waals surface area contributed by atoms with Crippen molar-refractivity contribution in [3.05, 3.63) is 45.1 Å². The first-order chi connectivity index (χ1) is 8.95. The van der Waals surface area contributed by atoms with Crippen LogP contribution in [0.4, 0.5) is 0 Å². The molecule has 0 aliphatic carbocycles. The minimum atomic E-state index is -1.13. The van der Waals surface area contributed by atoms with Gasteiger partial charge in [-0.05, 0) is 47.1 Å². The maximum absolute atomic E-state index is 10.9. The zero-order chi connectivity index (χ0) is 14.0. The van der Waals surface area contributed by atoms with E-state index in [-0.39, 0.29) is 11.7 Å². The number of rotatable bonds is 3. The molecule has 0 spiro atoms. The minimum absolute atomic E-state index is 0.0274. The lowest BCUT2D eigenvalue weighted by Gasteiger charge is -2.07. The number of carboxylic acid groups (broad SMARTS) is 1. The summed E-state index contributed by atoms with van der Waals surface area (Å²) >= 11 is 9.11. The summed E-state index contributed by atoms with van der Waals surface area (Å²) in [4.78, 5) is 18.7. The first-order valence-electron chi connectivity index (χ1n) is 5.17. The Kier molecular flexibility index (Phi) is 4.01. The first-order valence-corrected chi connectivity index (χ1v) is 6.34. The summed E-state index contributed by atoms with van der Waals surface area (Å²) in [6, 6.07) is 6.28. The average Bonchev–Trinajstić information content (AvgIpc) is 2.32. The second kappa shape index (κ2) is 5.54. The zero-order valence-corrected chi connectivity index (χ0v) is 12.1. The highest BCUT2D eigenvalue weighted by Crippen LogP contribution is 2.30. The van der Waals surface area contributed by atoms with Crippen LogP contribution < -0.4 is 4.74 Å². The molecule has 5 nitrogen and oxygen atoms in total. The topological polar surface area (TPSA) is 72.3 Å². The number of aryl methyl sites for hydroxylation is 1. The standard InChI is InChI=1S/C12H8BrClN2O3/c1-6-4-9(11(17)18)16-12(15-6)19-10-3-2-7(14)5-8(10)13/h2-5H,1H3,(H,17,18). The third-order valence-electron chi connectivity index (χ3n) is 2.15. The van der Waals surface area contributed by atoms with Gasteiger partial charge in [0.05, 0.1) is 4.47 Å². The molecule has 0 saturated carbocycles. The van der Waals surface area contributed by atoms with Gasteiger partial charge in [0.25, 0.3) is 0 Å². The van der Waals surface area contributed by atoms with Gasteiger partial charge in [0.2, 0.25) is 0 Å². The third-order valence-corrected chi connectivity index (χ3v) is 3.00. The Labute approximate surface area is 122 Å². The lowest BCUT2D eigenvalue weighted by atomic mass is 10.3. The monoisotopic (exact) mass is 342 g/mol. The normalized spacial score (nSPS) is 10.3. The Morgan fingerprint density at radius 2 is 2.11 bits per heavy atom. The number of halogens is 2. The van der Waals surface area contributed by atoms with E-state index in [9.17, 15) is 4.79 Å². The smallest absolute Gasteiger partial charge is 0.354 e. The highest BCUT2D eigenvalue weighted by Gasteiger charge is 2.11. The molecule has 1 aromatic heterocycles. The molecule has 0 aliphatic rings. The molecule has 1 heterocycles. The fourth-order valence-corrected chi connectivity index (χ4v) is 2.12. The number of aromatic carboxylic acids is 1. The fraction of sp³-hybridized carbons (Fsp3) is 0.0833. The molecule has 0 radical (unpaired) electrons. The first kappa shape index (κ1) is 13.8. The van der Waals surface area contributed by atoms with Crippen molar-refractivity contribution in [1.29, 1.82) is 0 Å². The molecule has 0 unspecified atom stereocenters. The van der Waals surface area contributed by atoms with E-state index in [1.165, 1.54) is 6.07 Å². The predicted molar refractivity (Wildman–Crippen MR) is 73.0 cm³/mol. The van der Waals surface area contributed by atoms with Crippen molar-refractivity contribution in [2.45, 2.75) is 6.92 Å². The second-order valence-electron chi connectivity index (χ2n) is 3.66. The molecule has 1 N–H and O–H groups in total. The summed E-state index contributed by atoms with van der Waals surface area (Å²) in [7, 11) is 0. The molecule has 7 heteroatoms. The van der Waals surface area contributed by atoms with Gasteiger partial charge in [-0.1, -0.05) is 11.6 Å². The van der Waals surface area contributed by atoms with Crippen LogP contribution in [0.3, 0.4) is 0 Å². The van der Waals surface area contributed by atoms with Crippen LogP contribution >= 0.6 is 27.5 Å². The summed E-state index contributed by atoms with van der Waals surface area (Å²) in [5.74, 6) is -0.683. The Balaban J connectivity index is 2.35. The predicted octanol–water partition coefficient (Wildman–Crippen LogP) is 3.69. The minimum Gasteiger partial charge on any atom is -0.477 e. The number of hydrogen-bond donors (Lipinski definition) is 1. The molecule has 0 atom stereocenters. The van der Waals surface area contributed by atoms with Crippen LogP contribution in [0.15, 0.2) is 28.7 Å². The Bertz CT molecular complexity index is 649. The van der Waals surface area contributed by atoms with Crippen molar-refractivity contribution in [1.82, 2.24) is 9.97 Å². The number of carboxylic acids is 1. The van der Waals surface area contributed by atoms with Crippen LogP contribution in [0, 0.1) is 6.92 Å². The van der Waals surface area contributed by atoms with Crippen LogP contribution in [-0.2, 0) is 0 Å². The number of carbonyl (C=O) groups is 1. The maximum Gasteiger partial charge on any atom is 0.354 e. The van der Waals surface area contributed by atoms with Crippen molar-refractivity contribution in [3.8, 4) is 11.8 Å². The number of ether oxygens (including phenoxy) is 1. The molecule has 19 heavy (non-hydrogen) atoms. The fourth-order valence-electron chi connectivity index (χ4n) is 1.35. The molecular formula is C12H8BrClN2O3. The average molecular weight is 344 g/mol. The molecule has 2 aromatic rings. The third kappa shape index (κ3) is 3.42. The van der Waals surface area contributed by atoms with Crippen LogP contribution in [-0.4, -0.2) is 21.0 Å². The molecule has 0 saturated heterocycles. The van der Waals surface area contributed by atoms with Crippen molar-refractivity contribution in [3.63, 3.8) is 0 Å². The van der Waals surface area contributed by atoms with Crippen LogP contribution in [0.2, 0.25) is 5.02 Å². The molecule has 0 bridgehead atoms. The van der Waals surface area contributed by atoms with E-state index in [2.05, 4.69) is 25.9 Å². The molecule has 2 rings (SSSR count). The van der Waals surface area contributed by atoms with E-state index in [1.807, 2.05) is 0 Å². The van der Waals surface area contributed by atoms with Gasteiger partial charge in [0.15, 0.2) is 5.69 Å². The van der Waals surface area contributed by atoms with Crippen molar-refractivity contribution < 1.29 is 14.6 Å². The van der Waals surface area contributed by atoms with Crippen LogP contribution in [0.5, 0.6) is 11.8 Å². The molecule has 0 amide bonds. The molecule has 0 aliphatic heterocycles. The van der Waals surface area contributed by atoms with Gasteiger partial charge in [-0.2, -0.15) is 4.98 Å². The summed E-state index contributed by atoms with van der Waals surface area (Å²) in [5, 5.41) is 9.47. The van der Waals surface area contributed by atoms with Crippen molar-refractivity contribution in [2.75, 3.05) is 0 Å². The number of nitrogens with zero attached hydrogens (tertiary/aromatic N) is 2. The zero-order valence-electron chi connectivity index (χ0n) is 9.72. The van der Waals surface area contributed by atoms with E-state index in [0.29, 0.717) is 20.9 Å². The Morgan fingerprint density at radius 3 is 2.74 bits per heavy atom. The summed E-state index contributed by atoms with van der Waals surface area (Å²) in [6.45, 7) is 1.66.